The summed E-state index contributed by atoms with van der Waals surface area (Å²) in [5, 5.41) is 3.05. The number of carbonyl (C=O) groups excluding carboxylic acids is 1. The average molecular weight is 411 g/mol. The molecule has 0 aliphatic heterocycles. The second-order valence-electron chi connectivity index (χ2n) is 5.13. The molecule has 2 nitrogen and oxygen atoms in total. The predicted molar refractivity (Wildman–Crippen MR) is 93.7 cm³/mol. The third-order valence-corrected chi connectivity index (χ3v) is 4.52. The van der Waals surface area contributed by atoms with E-state index in [4.69, 9.17) is 0 Å². The van der Waals surface area contributed by atoms with Gasteiger partial charge in [-0.3, -0.25) is 4.79 Å². The highest BCUT2D eigenvalue weighted by atomic mass is 79.9. The lowest BCUT2D eigenvalue weighted by Crippen LogP contribution is -2.34. The number of hydrogen-bond acceptors (Lipinski definition) is 1. The monoisotopic (exact) mass is 409 g/mol. The summed E-state index contributed by atoms with van der Waals surface area (Å²) in [4.78, 5) is 12.3. The predicted octanol–water partition coefficient (Wildman–Crippen LogP) is 4.88. The molecule has 2 aromatic rings. The molecule has 0 heterocycles. The van der Waals surface area contributed by atoms with Crippen LogP contribution in [0.5, 0.6) is 0 Å². The molecule has 110 valence electrons. The van der Waals surface area contributed by atoms with Gasteiger partial charge >= 0.3 is 0 Å². The van der Waals surface area contributed by atoms with Crippen molar-refractivity contribution in [3.8, 4) is 0 Å². The molecule has 0 saturated heterocycles. The highest BCUT2D eigenvalue weighted by Gasteiger charge is 2.14. The molecule has 0 aliphatic rings. The molecule has 0 radical (unpaired) electrons. The SMILES string of the molecule is Cc1ccccc1CC(C)NC(=O)c1cc(Br)ccc1Br. The molecular weight excluding hydrogens is 394 g/mol. The van der Waals surface area contributed by atoms with Crippen LogP contribution in [0.25, 0.3) is 0 Å². The van der Waals surface area contributed by atoms with Gasteiger partial charge in [0.2, 0.25) is 0 Å². The third-order valence-electron chi connectivity index (χ3n) is 3.34. The number of aryl methyl sites for hydroxylation is 1. The van der Waals surface area contributed by atoms with Crippen molar-refractivity contribution in [3.05, 3.63) is 68.1 Å². The van der Waals surface area contributed by atoms with E-state index in [1.165, 1.54) is 11.1 Å². The van der Waals surface area contributed by atoms with Gasteiger partial charge in [0, 0.05) is 15.0 Å². The zero-order valence-electron chi connectivity index (χ0n) is 12.0. The van der Waals surface area contributed by atoms with Crippen molar-refractivity contribution < 1.29 is 4.79 Å². The highest BCUT2D eigenvalue weighted by molar-refractivity contribution is 9.11. The van der Waals surface area contributed by atoms with Gasteiger partial charge in [-0.1, -0.05) is 40.2 Å². The lowest BCUT2D eigenvalue weighted by molar-refractivity contribution is 0.0939. The van der Waals surface area contributed by atoms with Gasteiger partial charge in [-0.15, -0.1) is 0 Å². The minimum atomic E-state index is -0.0655. The van der Waals surface area contributed by atoms with Crippen LogP contribution in [0.4, 0.5) is 0 Å². The quantitative estimate of drug-likeness (QED) is 0.764. The van der Waals surface area contributed by atoms with Crippen molar-refractivity contribution in [1.82, 2.24) is 5.32 Å². The average Bonchev–Trinajstić information content (AvgIpc) is 2.44. The number of amides is 1. The van der Waals surface area contributed by atoms with Crippen LogP contribution in [0.15, 0.2) is 51.4 Å². The smallest absolute Gasteiger partial charge is 0.252 e. The summed E-state index contributed by atoms with van der Waals surface area (Å²) in [6.07, 6.45) is 0.823. The van der Waals surface area contributed by atoms with E-state index in [9.17, 15) is 4.79 Å². The third kappa shape index (κ3) is 4.42. The van der Waals surface area contributed by atoms with Crippen molar-refractivity contribution in [2.24, 2.45) is 0 Å². The van der Waals surface area contributed by atoms with E-state index in [1.54, 1.807) is 0 Å². The number of hydrogen-bond donors (Lipinski definition) is 1. The first kappa shape index (κ1) is 16.2. The number of nitrogens with one attached hydrogen (secondary N) is 1. The van der Waals surface area contributed by atoms with Gasteiger partial charge < -0.3 is 5.32 Å². The van der Waals surface area contributed by atoms with E-state index in [2.05, 4.69) is 56.2 Å². The maximum Gasteiger partial charge on any atom is 0.252 e. The molecule has 0 aromatic heterocycles. The topological polar surface area (TPSA) is 29.1 Å². The highest BCUT2D eigenvalue weighted by Crippen LogP contribution is 2.21. The Bertz CT molecular complexity index is 655. The summed E-state index contributed by atoms with van der Waals surface area (Å²) in [6, 6.07) is 13.9. The molecule has 0 saturated carbocycles. The van der Waals surface area contributed by atoms with Crippen molar-refractivity contribution >= 4 is 37.8 Å². The van der Waals surface area contributed by atoms with Crippen LogP contribution < -0.4 is 5.32 Å². The second-order valence-corrected chi connectivity index (χ2v) is 6.90. The van der Waals surface area contributed by atoms with E-state index in [0.29, 0.717) is 5.56 Å². The summed E-state index contributed by atoms with van der Waals surface area (Å²) in [5.74, 6) is -0.0655. The fraction of sp³-hybridized carbons (Fsp3) is 0.235. The minimum Gasteiger partial charge on any atom is -0.349 e. The van der Waals surface area contributed by atoms with Crippen molar-refractivity contribution in [2.45, 2.75) is 26.3 Å². The van der Waals surface area contributed by atoms with Crippen LogP contribution in [0.2, 0.25) is 0 Å². The first-order valence-electron chi connectivity index (χ1n) is 6.78. The number of benzene rings is 2. The van der Waals surface area contributed by atoms with Crippen molar-refractivity contribution in [1.29, 1.82) is 0 Å². The summed E-state index contributed by atoms with van der Waals surface area (Å²) >= 11 is 6.81. The second kappa shape index (κ2) is 7.23. The zero-order valence-corrected chi connectivity index (χ0v) is 15.2. The van der Waals surface area contributed by atoms with Crippen LogP contribution in [-0.2, 0) is 6.42 Å². The number of rotatable bonds is 4. The van der Waals surface area contributed by atoms with E-state index < -0.39 is 0 Å². The molecule has 2 rings (SSSR count). The number of carbonyl (C=O) groups is 1. The van der Waals surface area contributed by atoms with Gasteiger partial charge in [0.15, 0.2) is 0 Å². The fourth-order valence-corrected chi connectivity index (χ4v) is 2.98. The molecule has 1 unspecified atom stereocenters. The summed E-state index contributed by atoms with van der Waals surface area (Å²) in [6.45, 7) is 4.12. The fourth-order valence-electron chi connectivity index (χ4n) is 2.19. The lowest BCUT2D eigenvalue weighted by Gasteiger charge is -2.16. The Morgan fingerprint density at radius 1 is 1.19 bits per heavy atom. The molecule has 0 fully saturated rings. The van der Waals surface area contributed by atoms with Crippen molar-refractivity contribution in [3.63, 3.8) is 0 Å². The van der Waals surface area contributed by atoms with Crippen molar-refractivity contribution in [2.75, 3.05) is 0 Å². The van der Waals surface area contributed by atoms with Gasteiger partial charge in [-0.25, -0.2) is 0 Å². The Morgan fingerprint density at radius 3 is 2.62 bits per heavy atom. The standard InChI is InChI=1S/C17H17Br2NO/c1-11-5-3-4-6-13(11)9-12(2)20-17(21)15-10-14(18)7-8-16(15)19/h3-8,10,12H,9H2,1-2H3,(H,20,21). The largest absolute Gasteiger partial charge is 0.349 e. The van der Waals surface area contributed by atoms with Gasteiger partial charge in [-0.2, -0.15) is 0 Å². The molecule has 0 spiro atoms. The Morgan fingerprint density at radius 2 is 1.90 bits per heavy atom. The van der Waals surface area contributed by atoms with Gasteiger partial charge in [0.05, 0.1) is 5.56 Å². The normalized spacial score (nSPS) is 12.0. The Hall–Kier alpha value is -1.13. The molecule has 1 atom stereocenters. The first-order chi connectivity index (χ1) is 9.97. The number of halogens is 2. The van der Waals surface area contributed by atoms with Crippen LogP contribution in [0.1, 0.15) is 28.4 Å². The molecule has 0 aliphatic carbocycles. The molecule has 1 amide bonds. The molecule has 21 heavy (non-hydrogen) atoms. The molecular formula is C17H17Br2NO. The van der Waals surface area contributed by atoms with E-state index in [-0.39, 0.29) is 11.9 Å². The zero-order chi connectivity index (χ0) is 15.4. The molecule has 1 N–H and O–H groups in total. The Kier molecular flexibility index (Phi) is 5.59. The molecule has 4 heteroatoms. The van der Waals surface area contributed by atoms with E-state index in [1.807, 2.05) is 37.3 Å². The van der Waals surface area contributed by atoms with Gasteiger partial charge in [0.1, 0.15) is 0 Å². The maximum absolute atomic E-state index is 12.3. The molecule has 2 aromatic carbocycles. The first-order valence-corrected chi connectivity index (χ1v) is 8.36. The molecule has 0 bridgehead atoms. The van der Waals surface area contributed by atoms with Gasteiger partial charge in [-0.05, 0) is 65.5 Å². The Balaban J connectivity index is 2.06. The summed E-state index contributed by atoms with van der Waals surface area (Å²) < 4.78 is 1.69. The lowest BCUT2D eigenvalue weighted by atomic mass is 10.0. The van der Waals surface area contributed by atoms with Crippen LogP contribution in [0.3, 0.4) is 0 Å². The van der Waals surface area contributed by atoms with E-state index in [0.717, 1.165) is 15.4 Å². The summed E-state index contributed by atoms with van der Waals surface area (Å²) in [7, 11) is 0. The van der Waals surface area contributed by atoms with Crippen LogP contribution >= 0.6 is 31.9 Å². The maximum atomic E-state index is 12.3. The Labute approximate surface area is 142 Å². The van der Waals surface area contributed by atoms with Crippen LogP contribution in [0, 0.1) is 6.92 Å². The minimum absolute atomic E-state index is 0.0655. The van der Waals surface area contributed by atoms with E-state index >= 15 is 0 Å². The van der Waals surface area contributed by atoms with Gasteiger partial charge in [0.25, 0.3) is 5.91 Å². The van der Waals surface area contributed by atoms with Crippen LogP contribution in [-0.4, -0.2) is 11.9 Å². The summed E-state index contributed by atoms with van der Waals surface area (Å²) in [5.41, 5.74) is 3.15.